The largest absolute Gasteiger partial charge is 0.299 e. The molecule has 0 aromatic heterocycles. The van der Waals surface area contributed by atoms with E-state index < -0.39 is 0 Å². The van der Waals surface area contributed by atoms with Crippen LogP contribution in [0.5, 0.6) is 0 Å². The quantitative estimate of drug-likeness (QED) is 0.664. The zero-order chi connectivity index (χ0) is 17.6. The van der Waals surface area contributed by atoms with E-state index in [9.17, 15) is 9.59 Å². The van der Waals surface area contributed by atoms with E-state index in [1.165, 1.54) is 37.7 Å². The van der Waals surface area contributed by atoms with Gasteiger partial charge in [-0.1, -0.05) is 19.4 Å². The molecule has 4 saturated carbocycles. The maximum Gasteiger partial charge on any atom is 0.155 e. The van der Waals surface area contributed by atoms with Gasteiger partial charge in [0.25, 0.3) is 0 Å². The molecular weight excluding hydrogens is 308 g/mol. The molecule has 4 fully saturated rings. The molecule has 5 aliphatic rings. The molecule has 0 heterocycles. The Morgan fingerprint density at radius 3 is 2.64 bits per heavy atom. The zero-order valence-electron chi connectivity index (χ0n) is 16.1. The van der Waals surface area contributed by atoms with Gasteiger partial charge in [0.05, 0.1) is 0 Å². The molecule has 25 heavy (non-hydrogen) atoms. The minimum atomic E-state index is -0.0450. The van der Waals surface area contributed by atoms with Gasteiger partial charge < -0.3 is 0 Å². The van der Waals surface area contributed by atoms with Gasteiger partial charge in [0.15, 0.2) is 5.78 Å². The second-order valence-corrected chi connectivity index (χ2v) is 10.3. The van der Waals surface area contributed by atoms with Crippen molar-refractivity contribution in [3.05, 3.63) is 11.6 Å². The van der Waals surface area contributed by atoms with Gasteiger partial charge in [-0.3, -0.25) is 9.59 Å². The first-order valence-corrected chi connectivity index (χ1v) is 10.6. The first-order valence-electron chi connectivity index (χ1n) is 10.6. The van der Waals surface area contributed by atoms with Gasteiger partial charge in [-0.2, -0.15) is 0 Å². The number of fused-ring (bicyclic) bond motifs is 3. The fraction of sp³-hybridized carbons (Fsp3) is 0.826. The Morgan fingerprint density at radius 2 is 1.92 bits per heavy atom. The van der Waals surface area contributed by atoms with Crippen LogP contribution in [0.3, 0.4) is 0 Å². The van der Waals surface area contributed by atoms with E-state index in [2.05, 4.69) is 13.8 Å². The molecule has 0 N–H and O–H groups in total. The third-order valence-corrected chi connectivity index (χ3v) is 10.2. The van der Waals surface area contributed by atoms with Crippen LogP contribution in [0.4, 0.5) is 0 Å². The first kappa shape index (κ1) is 16.3. The summed E-state index contributed by atoms with van der Waals surface area (Å²) in [6, 6.07) is 0. The van der Waals surface area contributed by atoms with Crippen molar-refractivity contribution in [1.29, 1.82) is 0 Å². The lowest BCUT2D eigenvalue weighted by Gasteiger charge is -2.59. The van der Waals surface area contributed by atoms with Gasteiger partial charge in [0.2, 0.25) is 0 Å². The molecule has 0 aromatic rings. The lowest BCUT2D eigenvalue weighted by molar-refractivity contribution is -0.141. The van der Waals surface area contributed by atoms with Crippen LogP contribution < -0.4 is 0 Å². The highest BCUT2D eigenvalue weighted by Gasteiger charge is 2.77. The van der Waals surface area contributed by atoms with Gasteiger partial charge in [0, 0.05) is 11.8 Å². The fourth-order valence-corrected chi connectivity index (χ4v) is 9.36. The Kier molecular flexibility index (Phi) is 3.17. The number of rotatable bonds is 1. The molecule has 2 heteroatoms. The highest BCUT2D eigenvalue weighted by atomic mass is 16.1. The molecule has 5 rings (SSSR count). The average Bonchev–Trinajstić information content (AvgIpc) is 2.95. The molecule has 2 bridgehead atoms. The van der Waals surface area contributed by atoms with Crippen LogP contribution in [0.2, 0.25) is 0 Å². The molecule has 0 aliphatic heterocycles. The highest BCUT2D eigenvalue weighted by molar-refractivity contribution is 5.91. The van der Waals surface area contributed by atoms with E-state index in [0.29, 0.717) is 28.8 Å². The molecule has 7 atom stereocenters. The van der Waals surface area contributed by atoms with E-state index >= 15 is 0 Å². The Bertz CT molecular complexity index is 690. The van der Waals surface area contributed by atoms with Crippen molar-refractivity contribution >= 4 is 11.6 Å². The Hall–Kier alpha value is -0.920. The van der Waals surface area contributed by atoms with Crippen molar-refractivity contribution in [3.8, 4) is 0 Å². The third kappa shape index (κ3) is 1.64. The lowest BCUT2D eigenvalue weighted by Crippen LogP contribution is -2.53. The molecule has 5 aliphatic carbocycles. The normalized spacial score (nSPS) is 53.7. The maximum absolute atomic E-state index is 12.9. The van der Waals surface area contributed by atoms with E-state index in [0.717, 1.165) is 37.5 Å². The topological polar surface area (TPSA) is 34.1 Å². The number of allylic oxidation sites excluding steroid dienone is 1. The average molecular weight is 341 g/mol. The summed E-state index contributed by atoms with van der Waals surface area (Å²) in [6.45, 7) is 6.74. The second kappa shape index (κ2) is 4.87. The maximum atomic E-state index is 12.9. The molecule has 0 radical (unpaired) electrons. The van der Waals surface area contributed by atoms with Crippen molar-refractivity contribution in [1.82, 2.24) is 0 Å². The predicted octanol–water partition coefficient (Wildman–Crippen LogP) is 5.11. The van der Waals surface area contributed by atoms with E-state index in [1.807, 2.05) is 13.0 Å². The molecular formula is C23H32O2. The molecule has 0 spiro atoms. The van der Waals surface area contributed by atoms with E-state index in [1.54, 1.807) is 0 Å². The summed E-state index contributed by atoms with van der Waals surface area (Å²) in [5.41, 5.74) is 2.04. The minimum Gasteiger partial charge on any atom is -0.299 e. The number of Topliss-reactive ketones (excluding diaryl/α,β-unsaturated/α-hetero) is 1. The van der Waals surface area contributed by atoms with E-state index in [4.69, 9.17) is 0 Å². The molecule has 0 aromatic carbocycles. The van der Waals surface area contributed by atoms with Crippen LogP contribution in [-0.4, -0.2) is 11.6 Å². The van der Waals surface area contributed by atoms with Crippen molar-refractivity contribution < 1.29 is 9.59 Å². The van der Waals surface area contributed by atoms with Crippen LogP contribution in [0.15, 0.2) is 11.6 Å². The standard InChI is InChI=1S/C23H32O2/c1-14-13-22-10-11-23(14,15(2)24)21(22,3)9-8-19-18-6-5-17(25)12-16(18)4-7-20(19)22/h12,14,18-20H,4-11,13H2,1-3H3/t14-,18+,19-,20-,21+,22?,23-/m1/s1. The minimum absolute atomic E-state index is 0.0450. The Morgan fingerprint density at radius 1 is 1.12 bits per heavy atom. The summed E-state index contributed by atoms with van der Waals surface area (Å²) in [7, 11) is 0. The number of hydrogen-bond donors (Lipinski definition) is 0. The third-order valence-electron chi connectivity index (χ3n) is 10.2. The SMILES string of the molecule is CC(=O)[C@@]12CCC3(C[C@H]1C)[C@@H]1CCC4=CC(=O)CC[C@@H]4[C@H]1CC[C@@]32C. The molecule has 0 saturated heterocycles. The fourth-order valence-electron chi connectivity index (χ4n) is 9.36. The van der Waals surface area contributed by atoms with Crippen LogP contribution in [-0.2, 0) is 9.59 Å². The van der Waals surface area contributed by atoms with Gasteiger partial charge in [0.1, 0.15) is 5.78 Å². The van der Waals surface area contributed by atoms with Crippen molar-refractivity contribution in [2.24, 2.45) is 39.9 Å². The second-order valence-electron chi connectivity index (χ2n) is 10.3. The summed E-state index contributed by atoms with van der Waals surface area (Å²) < 4.78 is 0. The van der Waals surface area contributed by atoms with Crippen LogP contribution in [0, 0.1) is 39.9 Å². The van der Waals surface area contributed by atoms with Crippen molar-refractivity contribution in [2.75, 3.05) is 0 Å². The summed E-state index contributed by atoms with van der Waals surface area (Å²) >= 11 is 0. The Labute approximate surface area is 151 Å². The summed E-state index contributed by atoms with van der Waals surface area (Å²) in [4.78, 5) is 24.8. The van der Waals surface area contributed by atoms with Crippen LogP contribution in [0.1, 0.15) is 78.6 Å². The molecule has 2 nitrogen and oxygen atoms in total. The number of hydrogen-bond acceptors (Lipinski definition) is 2. The summed E-state index contributed by atoms with van der Waals surface area (Å²) in [5.74, 6) is 3.60. The van der Waals surface area contributed by atoms with Gasteiger partial charge in [-0.05, 0) is 98.9 Å². The van der Waals surface area contributed by atoms with Crippen LogP contribution >= 0.6 is 0 Å². The molecule has 1 unspecified atom stereocenters. The van der Waals surface area contributed by atoms with Crippen molar-refractivity contribution in [2.45, 2.75) is 78.6 Å². The zero-order valence-corrected chi connectivity index (χ0v) is 16.1. The lowest BCUT2D eigenvalue weighted by atomic mass is 9.45. The number of carbonyl (C=O) groups excluding carboxylic acids is 2. The van der Waals surface area contributed by atoms with E-state index in [-0.39, 0.29) is 10.8 Å². The van der Waals surface area contributed by atoms with Crippen LogP contribution in [0.25, 0.3) is 0 Å². The summed E-state index contributed by atoms with van der Waals surface area (Å²) in [6.07, 6.45) is 12.4. The van der Waals surface area contributed by atoms with Gasteiger partial charge in [-0.15, -0.1) is 0 Å². The Balaban J connectivity index is 1.58. The monoisotopic (exact) mass is 340 g/mol. The molecule has 136 valence electrons. The predicted molar refractivity (Wildman–Crippen MR) is 97.9 cm³/mol. The van der Waals surface area contributed by atoms with Gasteiger partial charge >= 0.3 is 0 Å². The smallest absolute Gasteiger partial charge is 0.155 e. The number of ketones is 2. The van der Waals surface area contributed by atoms with Gasteiger partial charge in [-0.25, -0.2) is 0 Å². The molecule has 0 amide bonds. The summed E-state index contributed by atoms with van der Waals surface area (Å²) in [5, 5.41) is 0. The van der Waals surface area contributed by atoms with Crippen molar-refractivity contribution in [3.63, 3.8) is 0 Å². The highest BCUT2D eigenvalue weighted by Crippen LogP contribution is 2.82. The number of carbonyl (C=O) groups is 2. The first-order chi connectivity index (χ1) is 11.9.